The highest BCUT2D eigenvalue weighted by Crippen LogP contribution is 2.20. The molecule has 0 spiro atoms. The average Bonchev–Trinajstić information content (AvgIpc) is 2.38. The number of carbonyl (C=O) groups is 1. The monoisotopic (exact) mass is 278 g/mol. The van der Waals surface area contributed by atoms with E-state index in [1.807, 2.05) is 19.1 Å². The number of carbonyl (C=O) groups excluding carboxylic acids is 1. The number of benzene rings is 2. The van der Waals surface area contributed by atoms with Crippen LogP contribution < -0.4 is 11.1 Å². The number of nitrogens with one attached hydrogen (secondary N) is 1. The van der Waals surface area contributed by atoms with Gasteiger partial charge in [-0.05, 0) is 29.3 Å². The summed E-state index contributed by atoms with van der Waals surface area (Å²) >= 11 is 0. The van der Waals surface area contributed by atoms with Crippen molar-refractivity contribution in [3.8, 4) is 0 Å². The van der Waals surface area contributed by atoms with Crippen molar-refractivity contribution in [2.45, 2.75) is 19.4 Å². The Bertz CT molecular complexity index is 557. The molecule has 0 radical (unpaired) electrons. The number of fused-ring (bicyclic) bond motifs is 1. The van der Waals surface area contributed by atoms with Crippen LogP contribution in [0.4, 0.5) is 0 Å². The zero-order valence-corrected chi connectivity index (χ0v) is 11.7. The summed E-state index contributed by atoms with van der Waals surface area (Å²) in [4.78, 5) is 11.5. The van der Waals surface area contributed by atoms with Crippen molar-refractivity contribution >= 4 is 29.1 Å². The van der Waals surface area contributed by atoms with Gasteiger partial charge in [-0.3, -0.25) is 4.79 Å². The first-order chi connectivity index (χ1) is 8.70. The first-order valence-electron chi connectivity index (χ1n) is 6.19. The third-order valence-corrected chi connectivity index (χ3v) is 3.02. The number of nitrogens with two attached hydrogens (primary N) is 1. The summed E-state index contributed by atoms with van der Waals surface area (Å²) in [6.07, 6.45) is 0.373. The first kappa shape index (κ1) is 15.5. The van der Waals surface area contributed by atoms with Crippen LogP contribution in [0.5, 0.6) is 0 Å². The molecule has 102 valence electrons. The Morgan fingerprint density at radius 1 is 1.21 bits per heavy atom. The summed E-state index contributed by atoms with van der Waals surface area (Å²) in [6.45, 7) is 2.37. The van der Waals surface area contributed by atoms with E-state index in [9.17, 15) is 4.79 Å². The van der Waals surface area contributed by atoms with Gasteiger partial charge in [-0.1, -0.05) is 36.4 Å². The van der Waals surface area contributed by atoms with Gasteiger partial charge in [0, 0.05) is 13.0 Å². The van der Waals surface area contributed by atoms with Gasteiger partial charge in [0.05, 0.1) is 6.04 Å². The summed E-state index contributed by atoms with van der Waals surface area (Å²) < 4.78 is 0. The van der Waals surface area contributed by atoms with Crippen molar-refractivity contribution in [1.82, 2.24) is 5.32 Å². The van der Waals surface area contributed by atoms with E-state index < -0.39 is 0 Å². The first-order valence-corrected chi connectivity index (χ1v) is 6.19. The molecule has 0 bridgehead atoms. The van der Waals surface area contributed by atoms with Crippen molar-refractivity contribution in [2.24, 2.45) is 5.73 Å². The Balaban J connectivity index is 0.00000180. The average molecular weight is 279 g/mol. The number of rotatable bonds is 4. The van der Waals surface area contributed by atoms with E-state index in [0.717, 1.165) is 5.56 Å². The summed E-state index contributed by atoms with van der Waals surface area (Å²) in [5.41, 5.74) is 6.47. The molecule has 3 nitrogen and oxygen atoms in total. The van der Waals surface area contributed by atoms with Gasteiger partial charge in [0.25, 0.3) is 0 Å². The van der Waals surface area contributed by atoms with Gasteiger partial charge in [-0.25, -0.2) is 0 Å². The van der Waals surface area contributed by atoms with E-state index in [4.69, 9.17) is 5.73 Å². The molecule has 0 saturated carbocycles. The number of hydrogen-bond acceptors (Lipinski definition) is 2. The number of hydrogen-bond donors (Lipinski definition) is 2. The molecule has 0 saturated heterocycles. The Kier molecular flexibility index (Phi) is 5.80. The molecule has 3 N–H and O–H groups in total. The van der Waals surface area contributed by atoms with Crippen molar-refractivity contribution in [3.05, 3.63) is 48.0 Å². The van der Waals surface area contributed by atoms with E-state index in [1.165, 1.54) is 10.8 Å². The third-order valence-electron chi connectivity index (χ3n) is 3.02. The Hall–Kier alpha value is -1.58. The van der Waals surface area contributed by atoms with E-state index in [2.05, 4.69) is 35.6 Å². The molecular weight excluding hydrogens is 260 g/mol. The fourth-order valence-electron chi connectivity index (χ4n) is 2.01. The second kappa shape index (κ2) is 7.12. The molecule has 0 aliphatic rings. The lowest BCUT2D eigenvalue weighted by Gasteiger charge is -2.14. The van der Waals surface area contributed by atoms with Crippen LogP contribution in [0.15, 0.2) is 42.5 Å². The molecular formula is C15H19ClN2O. The standard InChI is InChI=1S/C15H18N2O.ClH/c1-11(17-15(18)8-9-16)13-7-6-12-4-2-3-5-14(12)10-13;/h2-7,10-11H,8-9,16H2,1H3,(H,17,18);1H. The molecule has 0 aliphatic carbocycles. The van der Waals surface area contributed by atoms with Crippen LogP contribution in [0.2, 0.25) is 0 Å². The minimum absolute atomic E-state index is 0. The maximum absolute atomic E-state index is 11.5. The van der Waals surface area contributed by atoms with Crippen LogP contribution >= 0.6 is 12.4 Å². The highest BCUT2D eigenvalue weighted by molar-refractivity contribution is 5.85. The highest BCUT2D eigenvalue weighted by Gasteiger charge is 2.09. The van der Waals surface area contributed by atoms with Gasteiger partial charge < -0.3 is 11.1 Å². The summed E-state index contributed by atoms with van der Waals surface area (Å²) in [6, 6.07) is 14.4. The van der Waals surface area contributed by atoms with Gasteiger partial charge >= 0.3 is 0 Å². The van der Waals surface area contributed by atoms with Crippen LogP contribution in [0.3, 0.4) is 0 Å². The number of halogens is 1. The predicted molar refractivity (Wildman–Crippen MR) is 81.4 cm³/mol. The smallest absolute Gasteiger partial charge is 0.221 e. The van der Waals surface area contributed by atoms with Crippen LogP contribution in [-0.4, -0.2) is 12.5 Å². The maximum atomic E-state index is 11.5. The van der Waals surface area contributed by atoms with Gasteiger partial charge in [0.2, 0.25) is 5.91 Å². The predicted octanol–water partition coefficient (Wildman–Crippen LogP) is 2.79. The zero-order chi connectivity index (χ0) is 13.0. The lowest BCUT2D eigenvalue weighted by atomic mass is 10.0. The molecule has 2 aromatic rings. The second-order valence-corrected chi connectivity index (χ2v) is 4.43. The summed E-state index contributed by atoms with van der Waals surface area (Å²) in [5.74, 6) is -0.00170. The van der Waals surface area contributed by atoms with E-state index in [1.54, 1.807) is 0 Å². The minimum Gasteiger partial charge on any atom is -0.350 e. The maximum Gasteiger partial charge on any atom is 0.221 e. The zero-order valence-electron chi connectivity index (χ0n) is 10.9. The Morgan fingerprint density at radius 3 is 2.58 bits per heavy atom. The number of amides is 1. The van der Waals surface area contributed by atoms with Crippen molar-refractivity contribution < 1.29 is 4.79 Å². The van der Waals surface area contributed by atoms with Crippen LogP contribution in [0, 0.1) is 0 Å². The summed E-state index contributed by atoms with van der Waals surface area (Å²) in [7, 11) is 0. The topological polar surface area (TPSA) is 55.1 Å². The molecule has 1 amide bonds. The molecule has 1 atom stereocenters. The lowest BCUT2D eigenvalue weighted by Crippen LogP contribution is -2.28. The minimum atomic E-state index is -0.00170. The lowest BCUT2D eigenvalue weighted by molar-refractivity contribution is -0.121. The largest absolute Gasteiger partial charge is 0.350 e. The molecule has 0 heterocycles. The third kappa shape index (κ3) is 3.94. The highest BCUT2D eigenvalue weighted by atomic mass is 35.5. The quantitative estimate of drug-likeness (QED) is 0.904. The SMILES string of the molecule is CC(NC(=O)CCN)c1ccc2ccccc2c1.Cl. The van der Waals surface area contributed by atoms with E-state index >= 15 is 0 Å². The normalized spacial score (nSPS) is 11.7. The molecule has 19 heavy (non-hydrogen) atoms. The van der Waals surface area contributed by atoms with E-state index in [-0.39, 0.29) is 24.4 Å². The molecule has 1 unspecified atom stereocenters. The van der Waals surface area contributed by atoms with Gasteiger partial charge in [-0.2, -0.15) is 0 Å². The molecule has 0 aromatic heterocycles. The van der Waals surface area contributed by atoms with Gasteiger partial charge in [0.1, 0.15) is 0 Å². The van der Waals surface area contributed by atoms with Crippen molar-refractivity contribution in [2.75, 3.05) is 6.54 Å². The Labute approximate surface area is 119 Å². The molecule has 0 aliphatic heterocycles. The molecule has 2 rings (SSSR count). The van der Waals surface area contributed by atoms with Crippen LogP contribution in [0.1, 0.15) is 24.9 Å². The molecule has 4 heteroatoms. The van der Waals surface area contributed by atoms with Crippen molar-refractivity contribution in [1.29, 1.82) is 0 Å². The van der Waals surface area contributed by atoms with Crippen LogP contribution in [-0.2, 0) is 4.79 Å². The molecule has 0 fully saturated rings. The fraction of sp³-hybridized carbons (Fsp3) is 0.267. The van der Waals surface area contributed by atoms with Gasteiger partial charge in [0.15, 0.2) is 0 Å². The van der Waals surface area contributed by atoms with E-state index in [0.29, 0.717) is 13.0 Å². The summed E-state index contributed by atoms with van der Waals surface area (Å²) in [5, 5.41) is 5.34. The Morgan fingerprint density at radius 2 is 1.89 bits per heavy atom. The van der Waals surface area contributed by atoms with Crippen molar-refractivity contribution in [3.63, 3.8) is 0 Å². The molecule has 2 aromatic carbocycles. The second-order valence-electron chi connectivity index (χ2n) is 4.43. The van der Waals surface area contributed by atoms with Crippen LogP contribution in [0.25, 0.3) is 10.8 Å². The fourth-order valence-corrected chi connectivity index (χ4v) is 2.01. The van der Waals surface area contributed by atoms with Gasteiger partial charge in [-0.15, -0.1) is 12.4 Å².